The summed E-state index contributed by atoms with van der Waals surface area (Å²) in [6.07, 6.45) is 1.39. The molecule has 0 spiro atoms. The number of amides is 1. The van der Waals surface area contributed by atoms with Crippen LogP contribution in [0.15, 0.2) is 40.0 Å². The molecule has 1 amide bonds. The smallest absolute Gasteiger partial charge is 0.277 e. The first-order valence-corrected chi connectivity index (χ1v) is 14.6. The predicted molar refractivity (Wildman–Crippen MR) is 116 cm³/mol. The van der Waals surface area contributed by atoms with E-state index in [9.17, 15) is 21.6 Å². The summed E-state index contributed by atoms with van der Waals surface area (Å²) in [6.45, 7) is 0. The van der Waals surface area contributed by atoms with Crippen molar-refractivity contribution >= 4 is 43.0 Å². The highest BCUT2D eigenvalue weighted by Gasteiger charge is 2.35. The summed E-state index contributed by atoms with van der Waals surface area (Å²) < 4.78 is 52.7. The highest BCUT2D eigenvalue weighted by atomic mass is 32.2. The second kappa shape index (κ2) is 8.91. The third-order valence-corrected chi connectivity index (χ3v) is 9.82. The Kier molecular flexibility index (Phi) is 6.40. The minimum absolute atomic E-state index is 0.0187. The van der Waals surface area contributed by atoms with Crippen molar-refractivity contribution in [3.05, 3.63) is 36.2 Å². The zero-order chi connectivity index (χ0) is 22.1. The lowest BCUT2D eigenvalue weighted by molar-refractivity contribution is -0.116. The maximum atomic E-state index is 13.0. The number of sulfone groups is 2. The maximum Gasteiger partial charge on any atom is 0.277 e. The highest BCUT2D eigenvalue weighted by Crippen LogP contribution is 2.27. The zero-order valence-corrected chi connectivity index (χ0v) is 19.2. The number of aromatic nitrogens is 2. The number of anilines is 1. The van der Waals surface area contributed by atoms with Gasteiger partial charge in [-0.3, -0.25) is 4.79 Å². The van der Waals surface area contributed by atoms with E-state index in [0.717, 1.165) is 11.8 Å². The molecule has 168 valence electrons. The molecule has 3 heterocycles. The van der Waals surface area contributed by atoms with Gasteiger partial charge in [-0.1, -0.05) is 30.0 Å². The van der Waals surface area contributed by atoms with Gasteiger partial charge in [0.2, 0.25) is 11.8 Å². The number of thioether (sulfide) groups is 1. The summed E-state index contributed by atoms with van der Waals surface area (Å²) in [5.74, 6) is 0.464. The molecule has 2 aromatic rings. The SMILES string of the molecule is O=C(CSc1nnc(C[C@@H]2CCS(=O)(=O)C2)o1)N(c1ccccc1)[C@@H]1CCS(=O)(=O)C1. The molecule has 0 bridgehead atoms. The molecule has 1 aromatic heterocycles. The van der Waals surface area contributed by atoms with Crippen molar-refractivity contribution in [2.45, 2.75) is 30.5 Å². The minimum Gasteiger partial charge on any atom is -0.416 e. The molecule has 2 fully saturated rings. The van der Waals surface area contributed by atoms with Crippen molar-refractivity contribution in [3.63, 3.8) is 0 Å². The summed E-state index contributed by atoms with van der Waals surface area (Å²) in [4.78, 5) is 14.6. The Labute approximate surface area is 185 Å². The van der Waals surface area contributed by atoms with Gasteiger partial charge in [0.15, 0.2) is 19.7 Å². The van der Waals surface area contributed by atoms with Gasteiger partial charge in [-0.25, -0.2) is 16.8 Å². The van der Waals surface area contributed by atoms with E-state index in [2.05, 4.69) is 10.2 Å². The molecule has 0 aliphatic carbocycles. The molecule has 31 heavy (non-hydrogen) atoms. The average Bonchev–Trinajstić information content (AvgIpc) is 3.40. The fraction of sp³-hybridized carbons (Fsp3) is 0.526. The number of nitrogens with zero attached hydrogens (tertiary/aromatic N) is 3. The van der Waals surface area contributed by atoms with Crippen LogP contribution >= 0.6 is 11.8 Å². The third-order valence-electron chi connectivity index (χ3n) is 5.43. The molecule has 0 radical (unpaired) electrons. The molecule has 2 aliphatic rings. The van der Waals surface area contributed by atoms with Crippen LogP contribution < -0.4 is 4.90 Å². The number of benzene rings is 1. The van der Waals surface area contributed by atoms with Gasteiger partial charge in [0, 0.05) is 12.1 Å². The molecule has 4 rings (SSSR count). The molecule has 2 atom stereocenters. The van der Waals surface area contributed by atoms with Gasteiger partial charge in [-0.2, -0.15) is 0 Å². The van der Waals surface area contributed by atoms with Crippen molar-refractivity contribution < 1.29 is 26.0 Å². The van der Waals surface area contributed by atoms with E-state index in [0.29, 0.717) is 30.8 Å². The van der Waals surface area contributed by atoms with Crippen LogP contribution in [0.2, 0.25) is 0 Å². The molecule has 12 heteroatoms. The standard InChI is InChI=1S/C19H23N3O6S3/c23-18(22(15-4-2-1-3-5-15)16-7-9-31(26,27)13-16)11-29-19-21-20-17(28-19)10-14-6-8-30(24,25)12-14/h1-5,14,16H,6-13H2/t14-,16+/m0/s1. The van der Waals surface area contributed by atoms with Crippen LogP contribution in [0.5, 0.6) is 0 Å². The maximum absolute atomic E-state index is 13.0. The minimum atomic E-state index is -3.15. The van der Waals surface area contributed by atoms with Crippen LogP contribution in [-0.4, -0.2) is 67.7 Å². The summed E-state index contributed by atoms with van der Waals surface area (Å²) >= 11 is 1.09. The summed E-state index contributed by atoms with van der Waals surface area (Å²) in [5.41, 5.74) is 0.656. The molecule has 0 saturated carbocycles. The topological polar surface area (TPSA) is 128 Å². The Bertz CT molecular complexity index is 1150. The molecule has 2 saturated heterocycles. The van der Waals surface area contributed by atoms with Gasteiger partial charge in [-0.05, 0) is 30.9 Å². The van der Waals surface area contributed by atoms with Crippen molar-refractivity contribution in [1.82, 2.24) is 10.2 Å². The lowest BCUT2D eigenvalue weighted by Crippen LogP contribution is -2.42. The second-order valence-electron chi connectivity index (χ2n) is 7.88. The van der Waals surface area contributed by atoms with E-state index in [-0.39, 0.29) is 45.8 Å². The number of carbonyl (C=O) groups excluding carboxylic acids is 1. The van der Waals surface area contributed by atoms with E-state index < -0.39 is 25.7 Å². The van der Waals surface area contributed by atoms with Gasteiger partial charge in [0.05, 0.1) is 34.8 Å². The first kappa shape index (κ1) is 22.3. The van der Waals surface area contributed by atoms with Crippen LogP contribution in [0.25, 0.3) is 0 Å². The van der Waals surface area contributed by atoms with E-state index in [1.165, 1.54) is 0 Å². The predicted octanol–water partition coefficient (Wildman–Crippen LogP) is 1.36. The molecule has 2 aliphatic heterocycles. The van der Waals surface area contributed by atoms with Crippen LogP contribution in [-0.2, 0) is 30.9 Å². The molecule has 9 nitrogen and oxygen atoms in total. The zero-order valence-electron chi connectivity index (χ0n) is 16.7. The molecule has 1 aromatic carbocycles. The number of para-hydroxylation sites is 1. The number of hydrogen-bond acceptors (Lipinski definition) is 9. The Morgan fingerprint density at radius 1 is 1.03 bits per heavy atom. The average molecular weight is 486 g/mol. The third kappa shape index (κ3) is 5.66. The summed E-state index contributed by atoms with van der Waals surface area (Å²) in [5, 5.41) is 8.15. The Hall–Kier alpha value is -1.92. The lowest BCUT2D eigenvalue weighted by atomic mass is 10.1. The quantitative estimate of drug-likeness (QED) is 0.534. The fourth-order valence-electron chi connectivity index (χ4n) is 3.98. The van der Waals surface area contributed by atoms with Crippen LogP contribution in [0, 0.1) is 5.92 Å². The first-order valence-electron chi connectivity index (χ1n) is 9.94. The Morgan fingerprint density at radius 3 is 2.39 bits per heavy atom. The first-order chi connectivity index (χ1) is 14.7. The largest absolute Gasteiger partial charge is 0.416 e. The van der Waals surface area contributed by atoms with Crippen molar-refractivity contribution in [1.29, 1.82) is 0 Å². The van der Waals surface area contributed by atoms with Gasteiger partial charge >= 0.3 is 0 Å². The van der Waals surface area contributed by atoms with Crippen molar-refractivity contribution in [2.75, 3.05) is 33.7 Å². The van der Waals surface area contributed by atoms with Crippen molar-refractivity contribution in [3.8, 4) is 0 Å². The summed E-state index contributed by atoms with van der Waals surface area (Å²) in [6, 6.07) is 8.62. The molecule has 0 unspecified atom stereocenters. The number of rotatable bonds is 7. The van der Waals surface area contributed by atoms with Crippen molar-refractivity contribution in [2.24, 2.45) is 5.92 Å². The fourth-order valence-corrected chi connectivity index (χ4v) is 8.18. The highest BCUT2D eigenvalue weighted by molar-refractivity contribution is 7.99. The van der Waals surface area contributed by atoms with Gasteiger partial charge in [0.1, 0.15) is 0 Å². The van der Waals surface area contributed by atoms with E-state index >= 15 is 0 Å². The van der Waals surface area contributed by atoms with Crippen LogP contribution in [0.4, 0.5) is 5.69 Å². The van der Waals surface area contributed by atoms with Crippen LogP contribution in [0.1, 0.15) is 18.7 Å². The molecule has 0 N–H and O–H groups in total. The molecular formula is C19H23N3O6S3. The normalized spacial score (nSPS) is 24.3. The van der Waals surface area contributed by atoms with E-state index in [1.807, 2.05) is 6.07 Å². The van der Waals surface area contributed by atoms with Gasteiger partial charge in [0.25, 0.3) is 5.22 Å². The van der Waals surface area contributed by atoms with Gasteiger partial charge in [-0.15, -0.1) is 10.2 Å². The van der Waals surface area contributed by atoms with Gasteiger partial charge < -0.3 is 9.32 Å². The Balaban J connectivity index is 1.40. The Morgan fingerprint density at radius 2 is 1.74 bits per heavy atom. The monoisotopic (exact) mass is 485 g/mol. The number of hydrogen-bond donors (Lipinski definition) is 0. The van der Waals surface area contributed by atoms with E-state index in [4.69, 9.17) is 4.42 Å². The second-order valence-corrected chi connectivity index (χ2v) is 13.3. The van der Waals surface area contributed by atoms with Crippen LogP contribution in [0.3, 0.4) is 0 Å². The lowest BCUT2D eigenvalue weighted by Gasteiger charge is -2.28. The van der Waals surface area contributed by atoms with E-state index in [1.54, 1.807) is 29.2 Å². The molecular weight excluding hydrogens is 462 g/mol. The summed E-state index contributed by atoms with van der Waals surface area (Å²) in [7, 11) is -6.12. The number of carbonyl (C=O) groups is 1.